The Hall–Kier alpha value is -1.06. The standard InChI is InChI=1S/C18H30N2O/c1-3-18(4-2)10-12-20(15-18)11-5-13-21-17-8-6-16(14-19)7-9-17/h6-9H,3-5,10-15,19H2,1-2H3. The van der Waals surface area contributed by atoms with Crippen LogP contribution in [0.2, 0.25) is 0 Å². The van der Waals surface area contributed by atoms with Crippen molar-refractivity contribution in [1.29, 1.82) is 0 Å². The minimum absolute atomic E-state index is 0.582. The molecule has 0 aromatic heterocycles. The van der Waals surface area contributed by atoms with Crippen LogP contribution >= 0.6 is 0 Å². The molecule has 1 aromatic carbocycles. The van der Waals surface area contributed by atoms with E-state index >= 15 is 0 Å². The van der Waals surface area contributed by atoms with Gasteiger partial charge < -0.3 is 15.4 Å². The first-order valence-corrected chi connectivity index (χ1v) is 8.35. The molecule has 3 heteroatoms. The SMILES string of the molecule is CCC1(CC)CCN(CCCOc2ccc(CN)cc2)C1. The molecular weight excluding hydrogens is 260 g/mol. The summed E-state index contributed by atoms with van der Waals surface area (Å²) in [6.07, 6.45) is 5.08. The third-order valence-electron chi connectivity index (χ3n) is 5.06. The van der Waals surface area contributed by atoms with E-state index in [0.717, 1.165) is 30.9 Å². The molecule has 0 radical (unpaired) electrons. The summed E-state index contributed by atoms with van der Waals surface area (Å²) >= 11 is 0. The van der Waals surface area contributed by atoms with Crippen molar-refractivity contribution in [2.45, 2.75) is 46.1 Å². The van der Waals surface area contributed by atoms with Gasteiger partial charge in [-0.3, -0.25) is 0 Å². The average Bonchev–Trinajstić information content (AvgIpc) is 2.96. The summed E-state index contributed by atoms with van der Waals surface area (Å²) in [7, 11) is 0. The van der Waals surface area contributed by atoms with Crippen molar-refractivity contribution in [3.05, 3.63) is 29.8 Å². The van der Waals surface area contributed by atoms with Crippen LogP contribution in [0.1, 0.15) is 45.1 Å². The molecule has 0 spiro atoms. The highest BCUT2D eigenvalue weighted by atomic mass is 16.5. The van der Waals surface area contributed by atoms with Crippen LogP contribution < -0.4 is 10.5 Å². The van der Waals surface area contributed by atoms with E-state index < -0.39 is 0 Å². The maximum Gasteiger partial charge on any atom is 0.119 e. The Kier molecular flexibility index (Phi) is 6.07. The first kappa shape index (κ1) is 16.3. The van der Waals surface area contributed by atoms with Crippen molar-refractivity contribution < 1.29 is 4.74 Å². The van der Waals surface area contributed by atoms with Gasteiger partial charge >= 0.3 is 0 Å². The Morgan fingerprint density at radius 2 is 1.90 bits per heavy atom. The van der Waals surface area contributed by atoms with E-state index in [1.165, 1.54) is 32.4 Å². The van der Waals surface area contributed by atoms with Crippen molar-refractivity contribution in [3.63, 3.8) is 0 Å². The normalized spacial score (nSPS) is 18.0. The lowest BCUT2D eigenvalue weighted by molar-refractivity contribution is 0.222. The smallest absolute Gasteiger partial charge is 0.119 e. The highest BCUT2D eigenvalue weighted by molar-refractivity contribution is 5.26. The van der Waals surface area contributed by atoms with Crippen molar-refractivity contribution >= 4 is 0 Å². The summed E-state index contributed by atoms with van der Waals surface area (Å²) in [6, 6.07) is 8.09. The summed E-state index contributed by atoms with van der Waals surface area (Å²) in [5, 5.41) is 0. The predicted octanol–water partition coefficient (Wildman–Crippen LogP) is 3.43. The molecule has 3 nitrogen and oxygen atoms in total. The number of nitrogens with zero attached hydrogens (tertiary/aromatic N) is 1. The van der Waals surface area contributed by atoms with Gasteiger partial charge in [0.25, 0.3) is 0 Å². The van der Waals surface area contributed by atoms with E-state index in [1.807, 2.05) is 24.3 Å². The van der Waals surface area contributed by atoms with Gasteiger partial charge in [-0.15, -0.1) is 0 Å². The van der Waals surface area contributed by atoms with Gasteiger partial charge in [-0.2, -0.15) is 0 Å². The topological polar surface area (TPSA) is 38.5 Å². The van der Waals surface area contributed by atoms with Crippen LogP contribution in [0.5, 0.6) is 5.75 Å². The fourth-order valence-electron chi connectivity index (χ4n) is 3.25. The van der Waals surface area contributed by atoms with Crippen LogP contribution in [-0.4, -0.2) is 31.1 Å². The van der Waals surface area contributed by atoms with Gasteiger partial charge in [-0.05, 0) is 55.3 Å². The fraction of sp³-hybridized carbons (Fsp3) is 0.667. The Balaban J connectivity index is 1.66. The summed E-state index contributed by atoms with van der Waals surface area (Å²) in [5.41, 5.74) is 7.32. The van der Waals surface area contributed by atoms with Crippen molar-refractivity contribution in [3.8, 4) is 5.75 Å². The molecule has 1 aromatic rings. The number of hydrogen-bond donors (Lipinski definition) is 1. The summed E-state index contributed by atoms with van der Waals surface area (Å²) < 4.78 is 5.80. The first-order chi connectivity index (χ1) is 10.2. The number of likely N-dealkylation sites (tertiary alicyclic amines) is 1. The van der Waals surface area contributed by atoms with Gasteiger partial charge in [0.15, 0.2) is 0 Å². The van der Waals surface area contributed by atoms with Crippen LogP contribution in [0.15, 0.2) is 24.3 Å². The lowest BCUT2D eigenvalue weighted by atomic mass is 9.82. The average molecular weight is 290 g/mol. The number of hydrogen-bond acceptors (Lipinski definition) is 3. The second-order valence-corrected chi connectivity index (χ2v) is 6.28. The molecule has 21 heavy (non-hydrogen) atoms. The third-order valence-corrected chi connectivity index (χ3v) is 5.06. The van der Waals surface area contributed by atoms with E-state index in [1.54, 1.807) is 0 Å². The Morgan fingerprint density at radius 1 is 1.19 bits per heavy atom. The molecule has 118 valence electrons. The predicted molar refractivity (Wildman–Crippen MR) is 88.5 cm³/mol. The Bertz CT molecular complexity index is 412. The highest BCUT2D eigenvalue weighted by Crippen LogP contribution is 2.36. The molecule has 1 aliphatic rings. The molecule has 1 aliphatic heterocycles. The quantitative estimate of drug-likeness (QED) is 0.746. The van der Waals surface area contributed by atoms with Crippen LogP contribution in [0.25, 0.3) is 0 Å². The minimum Gasteiger partial charge on any atom is -0.494 e. The molecule has 1 heterocycles. The van der Waals surface area contributed by atoms with Crippen molar-refractivity contribution in [1.82, 2.24) is 4.90 Å². The van der Waals surface area contributed by atoms with Gasteiger partial charge in [0.05, 0.1) is 6.61 Å². The van der Waals surface area contributed by atoms with Crippen LogP contribution in [0, 0.1) is 5.41 Å². The Labute approximate surface area is 129 Å². The molecular formula is C18H30N2O. The monoisotopic (exact) mass is 290 g/mol. The van der Waals surface area contributed by atoms with E-state index in [4.69, 9.17) is 10.5 Å². The summed E-state index contributed by atoms with van der Waals surface area (Å²) in [6.45, 7) is 9.73. The molecule has 1 fully saturated rings. The Morgan fingerprint density at radius 3 is 2.48 bits per heavy atom. The molecule has 0 unspecified atom stereocenters. The molecule has 0 amide bonds. The van der Waals surface area contributed by atoms with Gasteiger partial charge in [-0.1, -0.05) is 26.0 Å². The zero-order chi connectivity index (χ0) is 15.1. The molecule has 0 aliphatic carbocycles. The molecule has 0 atom stereocenters. The number of ether oxygens (including phenoxy) is 1. The van der Waals surface area contributed by atoms with E-state index in [9.17, 15) is 0 Å². The van der Waals surface area contributed by atoms with Crippen molar-refractivity contribution in [2.24, 2.45) is 11.1 Å². The van der Waals surface area contributed by atoms with Gasteiger partial charge in [0, 0.05) is 19.6 Å². The van der Waals surface area contributed by atoms with Gasteiger partial charge in [0.2, 0.25) is 0 Å². The molecule has 2 N–H and O–H groups in total. The lowest BCUT2D eigenvalue weighted by Crippen LogP contribution is -2.27. The second kappa shape index (κ2) is 7.81. The zero-order valence-corrected chi connectivity index (χ0v) is 13.6. The second-order valence-electron chi connectivity index (χ2n) is 6.28. The molecule has 1 saturated heterocycles. The zero-order valence-electron chi connectivity index (χ0n) is 13.6. The largest absolute Gasteiger partial charge is 0.494 e. The lowest BCUT2D eigenvalue weighted by Gasteiger charge is -2.26. The van der Waals surface area contributed by atoms with E-state index in [2.05, 4.69) is 18.7 Å². The van der Waals surface area contributed by atoms with E-state index in [0.29, 0.717) is 12.0 Å². The van der Waals surface area contributed by atoms with Crippen molar-refractivity contribution in [2.75, 3.05) is 26.2 Å². The molecule has 0 saturated carbocycles. The minimum atomic E-state index is 0.582. The van der Waals surface area contributed by atoms with Gasteiger partial charge in [-0.25, -0.2) is 0 Å². The molecule has 0 bridgehead atoms. The maximum absolute atomic E-state index is 5.80. The maximum atomic E-state index is 5.80. The van der Waals surface area contributed by atoms with Gasteiger partial charge in [0.1, 0.15) is 5.75 Å². The molecule has 2 rings (SSSR count). The summed E-state index contributed by atoms with van der Waals surface area (Å²) in [5.74, 6) is 0.949. The number of benzene rings is 1. The fourth-order valence-corrected chi connectivity index (χ4v) is 3.25. The summed E-state index contributed by atoms with van der Waals surface area (Å²) in [4.78, 5) is 2.61. The van der Waals surface area contributed by atoms with E-state index in [-0.39, 0.29) is 0 Å². The van der Waals surface area contributed by atoms with Crippen LogP contribution in [0.4, 0.5) is 0 Å². The third kappa shape index (κ3) is 4.45. The number of rotatable bonds is 8. The first-order valence-electron chi connectivity index (χ1n) is 8.35. The van der Waals surface area contributed by atoms with Crippen LogP contribution in [-0.2, 0) is 6.54 Å². The number of nitrogens with two attached hydrogens (primary N) is 1. The highest BCUT2D eigenvalue weighted by Gasteiger charge is 2.34. The van der Waals surface area contributed by atoms with Crippen LogP contribution in [0.3, 0.4) is 0 Å².